The minimum atomic E-state index is -3.04. The lowest BCUT2D eigenvalue weighted by molar-refractivity contribution is 0.265. The summed E-state index contributed by atoms with van der Waals surface area (Å²) in [6.45, 7) is 1.08. The van der Waals surface area contributed by atoms with Gasteiger partial charge in [-0.3, -0.25) is 4.21 Å². The van der Waals surface area contributed by atoms with Crippen LogP contribution in [0.2, 0.25) is 0 Å². The monoisotopic (exact) mass is 550 g/mol. The van der Waals surface area contributed by atoms with E-state index in [1.54, 1.807) is 18.2 Å². The molecule has 9 nitrogen and oxygen atoms in total. The van der Waals surface area contributed by atoms with Crippen LogP contribution in [-0.4, -0.2) is 60.9 Å². The summed E-state index contributed by atoms with van der Waals surface area (Å²) in [6, 6.07) is 10.9. The molecule has 0 amide bonds. The van der Waals surface area contributed by atoms with E-state index in [-0.39, 0.29) is 28.0 Å². The summed E-state index contributed by atoms with van der Waals surface area (Å²) in [4.78, 5) is 0. The van der Waals surface area contributed by atoms with Crippen LogP contribution in [0, 0.1) is 0 Å². The Morgan fingerprint density at radius 1 is 1.00 bits per heavy atom. The molecule has 198 valence electrons. The predicted molar refractivity (Wildman–Crippen MR) is 145 cm³/mol. The Labute approximate surface area is 217 Å². The molecule has 0 aromatic heterocycles. The van der Waals surface area contributed by atoms with Crippen LogP contribution in [0.3, 0.4) is 0 Å². The highest BCUT2D eigenvalue weighted by atomic mass is 35.7. The van der Waals surface area contributed by atoms with Crippen LogP contribution in [0.15, 0.2) is 36.4 Å². The van der Waals surface area contributed by atoms with Gasteiger partial charge in [0, 0.05) is 35.5 Å². The van der Waals surface area contributed by atoms with Crippen molar-refractivity contribution in [3.05, 3.63) is 53.1 Å². The predicted octanol–water partition coefficient (Wildman–Crippen LogP) is 0.948. The van der Waals surface area contributed by atoms with Crippen LogP contribution in [0.25, 0.3) is 0 Å². The van der Waals surface area contributed by atoms with Crippen molar-refractivity contribution in [2.45, 2.75) is 40.9 Å². The van der Waals surface area contributed by atoms with Gasteiger partial charge in [-0.1, -0.05) is 46.5 Å². The third-order valence-corrected chi connectivity index (χ3v) is 5.49. The third-order valence-electron chi connectivity index (χ3n) is 4.64. The first-order chi connectivity index (χ1) is 15.0. The van der Waals surface area contributed by atoms with Crippen LogP contribution in [0.5, 0.6) is 0 Å². The third kappa shape index (κ3) is 12.4. The molecule has 2 aliphatic heterocycles. The smallest absolute Gasteiger partial charge is 0.491 e. The first kappa shape index (κ1) is 35.7. The zero-order chi connectivity index (χ0) is 23.9. The highest BCUT2D eigenvalue weighted by molar-refractivity contribution is 8.03. The molecule has 0 saturated heterocycles. The number of sulfone groups is 1. The van der Waals surface area contributed by atoms with E-state index >= 15 is 0 Å². The van der Waals surface area contributed by atoms with Gasteiger partial charge in [0.15, 0.2) is 9.84 Å². The van der Waals surface area contributed by atoms with Crippen molar-refractivity contribution in [1.29, 1.82) is 0 Å². The van der Waals surface area contributed by atoms with Crippen LogP contribution < -0.4 is 16.7 Å². The minimum absolute atomic E-state index is 0. The van der Waals surface area contributed by atoms with Gasteiger partial charge in [0.25, 0.3) is 0 Å². The molecule has 35 heavy (non-hydrogen) atoms. The number of anilines is 1. The number of benzene rings is 2. The highest BCUT2D eigenvalue weighted by Gasteiger charge is 2.25. The number of hydrogen-bond acceptors (Lipinski definition) is 9. The van der Waals surface area contributed by atoms with Crippen molar-refractivity contribution in [2.24, 2.45) is 0 Å². The molecule has 1 atom stereocenters. The Morgan fingerprint density at radius 2 is 1.43 bits per heavy atom. The van der Waals surface area contributed by atoms with Crippen LogP contribution >= 0.6 is 10.7 Å². The van der Waals surface area contributed by atoms with Gasteiger partial charge >= 0.3 is 14.2 Å². The van der Waals surface area contributed by atoms with Crippen LogP contribution in [0.4, 0.5) is 5.69 Å². The second-order valence-electron chi connectivity index (χ2n) is 7.20. The molecular formula is C21H35B2ClNO8S2-. The Morgan fingerprint density at radius 3 is 1.89 bits per heavy atom. The average molecular weight is 551 g/mol. The molecule has 1 unspecified atom stereocenters. The lowest BCUT2D eigenvalue weighted by Gasteiger charge is -2.19. The molecule has 2 heterocycles. The van der Waals surface area contributed by atoms with E-state index in [1.165, 1.54) is 6.26 Å². The van der Waals surface area contributed by atoms with Crippen molar-refractivity contribution < 1.29 is 36.5 Å². The first-order valence-electron chi connectivity index (χ1n) is 9.49. The Balaban J connectivity index is 0. The van der Waals surface area contributed by atoms with E-state index in [2.05, 4.69) is 10.7 Å². The Kier molecular flexibility index (Phi) is 16.7. The van der Waals surface area contributed by atoms with Gasteiger partial charge in [0.2, 0.25) is 0 Å². The van der Waals surface area contributed by atoms with Gasteiger partial charge in [-0.05, 0) is 63.3 Å². The van der Waals surface area contributed by atoms with E-state index in [0.29, 0.717) is 29.9 Å². The summed E-state index contributed by atoms with van der Waals surface area (Å²) in [7, 11) is -2.96. The lowest BCUT2D eigenvalue weighted by Crippen LogP contribution is -2.41. The summed E-state index contributed by atoms with van der Waals surface area (Å²) >= 11 is 0. The second-order valence-corrected chi connectivity index (χ2v) is 10.5. The summed E-state index contributed by atoms with van der Waals surface area (Å²) in [6.07, 6.45) is 2.80. The van der Waals surface area contributed by atoms with Crippen LogP contribution in [-0.2, 0) is 48.0 Å². The van der Waals surface area contributed by atoms with E-state index in [1.807, 2.05) is 18.2 Å². The van der Waals surface area contributed by atoms with E-state index in [4.69, 9.17) is 23.8 Å². The fourth-order valence-electron chi connectivity index (χ4n) is 3.31. The second kappa shape index (κ2) is 16.3. The maximum absolute atomic E-state index is 11.2. The quantitative estimate of drug-likeness (QED) is 0.214. The lowest BCUT2D eigenvalue weighted by atomic mass is 9.73. The molecule has 4 N–H and O–H groups in total. The molecule has 0 saturated carbocycles. The van der Waals surface area contributed by atoms with Gasteiger partial charge in [-0.25, -0.2) is 8.42 Å². The first-order valence-corrected chi connectivity index (χ1v) is 13.4. The number of nitrogen functional groups attached to an aromatic ring is 1. The highest BCUT2D eigenvalue weighted by Crippen LogP contribution is 2.11. The zero-order valence-corrected chi connectivity index (χ0v) is 19.7. The topological polar surface area (TPSA) is 159 Å². The number of fused-ring (bicyclic) bond motifs is 2. The molecule has 2 aliphatic rings. The summed E-state index contributed by atoms with van der Waals surface area (Å²) < 4.78 is 50.0. The maximum atomic E-state index is 11.2. The summed E-state index contributed by atoms with van der Waals surface area (Å²) in [5.41, 5.74) is 10.6. The number of rotatable bonds is 2. The summed E-state index contributed by atoms with van der Waals surface area (Å²) in [5, 5.41) is 19.0. The minimum Gasteiger partial charge on any atom is -0.760 e. The van der Waals surface area contributed by atoms with Crippen molar-refractivity contribution in [3.8, 4) is 0 Å². The summed E-state index contributed by atoms with van der Waals surface area (Å²) in [5.74, 6) is -0.00694. The Hall–Kier alpha value is -1.44. The maximum Gasteiger partial charge on any atom is 0.491 e. The zero-order valence-electron chi connectivity index (χ0n) is 17.3. The van der Waals surface area contributed by atoms with Gasteiger partial charge in [0.1, 0.15) is 0 Å². The SMILES string of the molecule is C.C.C.CS(=O)(=O)Cc1ccc2c(c1)B(O)OCC2.Nc1ccc2c(c1)B(O)OCC2.O=S([O-])Cl. The van der Waals surface area contributed by atoms with Crippen molar-refractivity contribution in [1.82, 2.24) is 0 Å². The average Bonchev–Trinajstić information content (AvgIpc) is 2.68. The molecule has 0 fully saturated rings. The van der Waals surface area contributed by atoms with Crippen molar-refractivity contribution in [3.63, 3.8) is 0 Å². The molecule has 0 aliphatic carbocycles. The van der Waals surface area contributed by atoms with Crippen molar-refractivity contribution in [2.75, 3.05) is 25.2 Å². The molecule has 4 rings (SSSR count). The molecule has 2 aromatic carbocycles. The molecular weight excluding hydrogens is 515 g/mol. The molecule has 14 heteroatoms. The van der Waals surface area contributed by atoms with E-state index < -0.39 is 34.4 Å². The standard InChI is InChI=1S/C10H13BO4S.C8H10BNO2.3CH4.ClHO2S/c1-16(13,14)7-8-2-3-9-4-5-15-11(12)10(9)6-8;10-7-2-1-6-3-4-12-9(11)8(6)5-7;;;;1-4(2)3/h2-3,6,12H,4-5,7H2,1H3;1-2,5,11H,3-4,10H2;3*1H4;(H,2,3)/p-1. The number of nitrogens with two attached hydrogens (primary N) is 1. The molecule has 0 bridgehead atoms. The molecule has 0 radical (unpaired) electrons. The van der Waals surface area contributed by atoms with Gasteiger partial charge in [0.05, 0.1) is 5.75 Å². The van der Waals surface area contributed by atoms with E-state index in [0.717, 1.165) is 29.4 Å². The van der Waals surface area contributed by atoms with Gasteiger partial charge in [-0.2, -0.15) is 0 Å². The van der Waals surface area contributed by atoms with Crippen molar-refractivity contribution >= 4 is 61.7 Å². The normalized spacial score (nSPS) is 14.5. The fourth-order valence-corrected chi connectivity index (χ4v) is 4.09. The Bertz CT molecular complexity index is 1060. The van der Waals surface area contributed by atoms with Gasteiger partial charge in [-0.15, -0.1) is 0 Å². The van der Waals surface area contributed by atoms with Gasteiger partial charge < -0.3 is 29.6 Å². The molecule has 2 aromatic rings. The largest absolute Gasteiger partial charge is 0.760 e. The number of halogens is 1. The fraction of sp³-hybridized carbons (Fsp3) is 0.429. The van der Waals surface area contributed by atoms with Crippen LogP contribution in [0.1, 0.15) is 39.0 Å². The molecule has 0 spiro atoms. The number of hydrogen-bond donors (Lipinski definition) is 3. The van der Waals surface area contributed by atoms with E-state index in [9.17, 15) is 18.5 Å².